The van der Waals surface area contributed by atoms with Crippen LogP contribution in [-0.4, -0.2) is 9.97 Å². The molecule has 3 N–H and O–H groups in total. The molecule has 4 heteroatoms. The molecule has 0 aliphatic carbocycles. The van der Waals surface area contributed by atoms with E-state index in [9.17, 15) is 0 Å². The molecule has 0 amide bonds. The first-order chi connectivity index (χ1) is 8.84. The molecular weight excluding hydrogens is 224 g/mol. The van der Waals surface area contributed by atoms with Crippen LogP contribution in [0.1, 0.15) is 0 Å². The Labute approximate surface area is 104 Å². The lowest BCUT2D eigenvalue weighted by Gasteiger charge is -2.10. The Bertz CT molecular complexity index is 689. The molecule has 0 unspecified atom stereocenters. The van der Waals surface area contributed by atoms with Crippen LogP contribution >= 0.6 is 0 Å². The van der Waals surface area contributed by atoms with Gasteiger partial charge < -0.3 is 11.1 Å². The minimum absolute atomic E-state index is 0.624. The van der Waals surface area contributed by atoms with Crippen LogP contribution in [0.5, 0.6) is 0 Å². The van der Waals surface area contributed by atoms with Gasteiger partial charge in [-0.25, -0.2) is 4.98 Å². The van der Waals surface area contributed by atoms with E-state index in [4.69, 9.17) is 5.73 Å². The van der Waals surface area contributed by atoms with Gasteiger partial charge in [-0.15, -0.1) is 0 Å². The summed E-state index contributed by atoms with van der Waals surface area (Å²) in [5.41, 5.74) is 8.39. The number of fused-ring (bicyclic) bond motifs is 1. The second-order valence-electron chi connectivity index (χ2n) is 3.94. The summed E-state index contributed by atoms with van der Waals surface area (Å²) in [6.07, 6.45) is 3.49. The summed E-state index contributed by atoms with van der Waals surface area (Å²) >= 11 is 0. The Balaban J connectivity index is 2.08. The maximum atomic E-state index is 5.87. The molecule has 88 valence electrons. The lowest BCUT2D eigenvalue weighted by Crippen LogP contribution is -1.99. The quantitative estimate of drug-likeness (QED) is 0.718. The average Bonchev–Trinajstić information content (AvgIpc) is 2.42. The van der Waals surface area contributed by atoms with Crippen molar-refractivity contribution < 1.29 is 0 Å². The largest absolute Gasteiger partial charge is 0.396 e. The lowest BCUT2D eigenvalue weighted by atomic mass is 10.2. The first-order valence-electron chi connectivity index (χ1n) is 5.66. The topological polar surface area (TPSA) is 63.8 Å². The van der Waals surface area contributed by atoms with Crippen molar-refractivity contribution in [3.05, 3.63) is 54.9 Å². The number of nitrogens with one attached hydrogen (secondary N) is 1. The van der Waals surface area contributed by atoms with Gasteiger partial charge in [-0.1, -0.05) is 6.07 Å². The second kappa shape index (κ2) is 4.33. The summed E-state index contributed by atoms with van der Waals surface area (Å²) < 4.78 is 0. The third-order valence-corrected chi connectivity index (χ3v) is 2.74. The van der Waals surface area contributed by atoms with Gasteiger partial charge in [0.05, 0.1) is 11.2 Å². The summed E-state index contributed by atoms with van der Waals surface area (Å²) in [5.74, 6) is 0.661. The third-order valence-electron chi connectivity index (χ3n) is 2.74. The molecule has 0 radical (unpaired) electrons. The fourth-order valence-corrected chi connectivity index (χ4v) is 1.86. The van der Waals surface area contributed by atoms with Crippen LogP contribution in [0.4, 0.5) is 17.2 Å². The Morgan fingerprint density at radius 1 is 0.889 bits per heavy atom. The number of pyridine rings is 2. The highest BCUT2D eigenvalue weighted by molar-refractivity contribution is 5.93. The Hall–Kier alpha value is -2.62. The van der Waals surface area contributed by atoms with Gasteiger partial charge in [0.2, 0.25) is 0 Å². The van der Waals surface area contributed by atoms with Gasteiger partial charge in [-0.2, -0.15) is 0 Å². The molecule has 3 rings (SSSR count). The van der Waals surface area contributed by atoms with E-state index in [0.717, 1.165) is 16.6 Å². The minimum atomic E-state index is 0.624. The molecule has 0 saturated carbocycles. The third kappa shape index (κ3) is 1.84. The minimum Gasteiger partial charge on any atom is -0.396 e. The van der Waals surface area contributed by atoms with Gasteiger partial charge >= 0.3 is 0 Å². The summed E-state index contributed by atoms with van der Waals surface area (Å²) in [6.45, 7) is 0. The molecule has 0 fully saturated rings. The molecule has 4 nitrogen and oxygen atoms in total. The van der Waals surface area contributed by atoms with E-state index in [-0.39, 0.29) is 0 Å². The summed E-state index contributed by atoms with van der Waals surface area (Å²) in [4.78, 5) is 8.54. The van der Waals surface area contributed by atoms with Gasteiger partial charge in [-0.05, 0) is 36.4 Å². The predicted molar refractivity (Wildman–Crippen MR) is 73.7 cm³/mol. The number of nitrogens with two attached hydrogens (primary N) is 1. The van der Waals surface area contributed by atoms with E-state index in [1.54, 1.807) is 12.4 Å². The van der Waals surface area contributed by atoms with Crippen LogP contribution in [0.15, 0.2) is 54.9 Å². The Morgan fingerprint density at radius 3 is 2.61 bits per heavy atom. The zero-order valence-electron chi connectivity index (χ0n) is 9.67. The van der Waals surface area contributed by atoms with Crippen LogP contribution in [0, 0.1) is 0 Å². The maximum Gasteiger partial charge on any atom is 0.153 e. The van der Waals surface area contributed by atoms with Gasteiger partial charge in [0.25, 0.3) is 0 Å². The number of benzene rings is 1. The smallest absolute Gasteiger partial charge is 0.153 e. The van der Waals surface area contributed by atoms with Crippen molar-refractivity contribution in [1.82, 2.24) is 9.97 Å². The highest BCUT2D eigenvalue weighted by Crippen LogP contribution is 2.26. The molecule has 2 heterocycles. The van der Waals surface area contributed by atoms with E-state index < -0.39 is 0 Å². The van der Waals surface area contributed by atoms with Crippen LogP contribution in [0.3, 0.4) is 0 Å². The number of hydrogen-bond donors (Lipinski definition) is 2. The zero-order chi connectivity index (χ0) is 12.4. The van der Waals surface area contributed by atoms with Crippen molar-refractivity contribution in [2.24, 2.45) is 0 Å². The van der Waals surface area contributed by atoms with Gasteiger partial charge in [0, 0.05) is 23.5 Å². The fraction of sp³-hybridized carbons (Fsp3) is 0. The molecule has 3 aromatic rings. The van der Waals surface area contributed by atoms with E-state index in [1.165, 1.54) is 0 Å². The van der Waals surface area contributed by atoms with Crippen molar-refractivity contribution >= 4 is 28.1 Å². The molecule has 0 saturated heterocycles. The number of nitrogens with zero attached hydrogens (tertiary/aromatic N) is 2. The number of anilines is 3. The summed E-state index contributed by atoms with van der Waals surface area (Å²) in [7, 11) is 0. The average molecular weight is 236 g/mol. The summed E-state index contributed by atoms with van der Waals surface area (Å²) in [5, 5.41) is 4.29. The number of rotatable bonds is 2. The van der Waals surface area contributed by atoms with Crippen molar-refractivity contribution in [3.8, 4) is 0 Å². The number of aromatic nitrogens is 2. The molecule has 0 atom stereocenters. The van der Waals surface area contributed by atoms with Gasteiger partial charge in [-0.3, -0.25) is 4.98 Å². The molecule has 0 bridgehead atoms. The highest BCUT2D eigenvalue weighted by Gasteiger charge is 2.04. The van der Waals surface area contributed by atoms with Crippen molar-refractivity contribution in [2.75, 3.05) is 11.1 Å². The predicted octanol–water partition coefficient (Wildman–Crippen LogP) is 2.96. The standard InChI is InChI=1S/C14H12N4/c15-11-5-3-9-17-14(11)18-13-7-1-6-12-10(13)4-2-8-16-12/h1-9H,15H2,(H,17,18). The highest BCUT2D eigenvalue weighted by atomic mass is 15.0. The number of nitrogen functional groups attached to an aromatic ring is 1. The number of hydrogen-bond acceptors (Lipinski definition) is 4. The van der Waals surface area contributed by atoms with Crippen molar-refractivity contribution in [2.45, 2.75) is 0 Å². The summed E-state index contributed by atoms with van der Waals surface area (Å²) in [6, 6.07) is 13.5. The monoisotopic (exact) mass is 236 g/mol. The van der Waals surface area contributed by atoms with Gasteiger partial charge in [0.15, 0.2) is 5.82 Å². The maximum absolute atomic E-state index is 5.87. The van der Waals surface area contributed by atoms with Crippen molar-refractivity contribution in [1.29, 1.82) is 0 Å². The molecule has 1 aromatic carbocycles. The first-order valence-corrected chi connectivity index (χ1v) is 5.66. The first kappa shape index (κ1) is 10.5. The fourth-order valence-electron chi connectivity index (χ4n) is 1.86. The van der Waals surface area contributed by atoms with Gasteiger partial charge in [0.1, 0.15) is 0 Å². The van der Waals surface area contributed by atoms with Crippen LogP contribution < -0.4 is 11.1 Å². The molecule has 2 aromatic heterocycles. The van der Waals surface area contributed by atoms with Crippen LogP contribution in [-0.2, 0) is 0 Å². The molecule has 0 aliphatic heterocycles. The molecule has 0 aliphatic rings. The van der Waals surface area contributed by atoms with E-state index in [0.29, 0.717) is 11.5 Å². The Kier molecular flexibility index (Phi) is 2.53. The van der Waals surface area contributed by atoms with Crippen LogP contribution in [0.2, 0.25) is 0 Å². The normalized spacial score (nSPS) is 10.4. The lowest BCUT2D eigenvalue weighted by molar-refractivity contribution is 1.31. The second-order valence-corrected chi connectivity index (χ2v) is 3.94. The van der Waals surface area contributed by atoms with E-state index in [1.807, 2.05) is 42.5 Å². The zero-order valence-corrected chi connectivity index (χ0v) is 9.67. The van der Waals surface area contributed by atoms with E-state index in [2.05, 4.69) is 15.3 Å². The molecule has 0 spiro atoms. The van der Waals surface area contributed by atoms with Crippen molar-refractivity contribution in [3.63, 3.8) is 0 Å². The SMILES string of the molecule is Nc1cccnc1Nc1cccc2ncccc12. The molecule has 18 heavy (non-hydrogen) atoms. The Morgan fingerprint density at radius 2 is 1.72 bits per heavy atom. The molecular formula is C14H12N4. The van der Waals surface area contributed by atoms with E-state index >= 15 is 0 Å². The van der Waals surface area contributed by atoms with Crippen LogP contribution in [0.25, 0.3) is 10.9 Å².